The molecule has 0 aliphatic heterocycles. The zero-order valence-electron chi connectivity index (χ0n) is 15.0. The first-order valence-electron chi connectivity index (χ1n) is 8.31. The zero-order chi connectivity index (χ0) is 17.8. The minimum Gasteiger partial charge on any atom is -0.408 e. The normalized spacial score (nSPS) is 11.1. The van der Waals surface area contributed by atoms with Crippen LogP contribution in [0.4, 0.5) is 11.1 Å². The van der Waals surface area contributed by atoms with Crippen LogP contribution in [0.3, 0.4) is 0 Å². The number of rotatable bonds is 7. The standard InChI is InChI=1S/C18H23N5OS/c1-12(2)10-15-21-22-17(24-15)19-11-14-16(13-8-6-5-7-9-13)20-18(25-14)23(3)4/h5-9,12H,10-11H2,1-4H3,(H,19,22). The Labute approximate surface area is 151 Å². The van der Waals surface area contributed by atoms with Crippen molar-refractivity contribution < 1.29 is 4.42 Å². The molecule has 1 aromatic carbocycles. The van der Waals surface area contributed by atoms with E-state index < -0.39 is 0 Å². The summed E-state index contributed by atoms with van der Waals surface area (Å²) in [7, 11) is 4.00. The summed E-state index contributed by atoms with van der Waals surface area (Å²) in [5.41, 5.74) is 2.10. The molecule has 0 saturated carbocycles. The van der Waals surface area contributed by atoms with Gasteiger partial charge in [0, 0.05) is 26.1 Å². The molecule has 0 atom stereocenters. The van der Waals surface area contributed by atoms with Crippen LogP contribution in [0.2, 0.25) is 0 Å². The molecule has 0 fully saturated rings. The van der Waals surface area contributed by atoms with Gasteiger partial charge >= 0.3 is 6.01 Å². The van der Waals surface area contributed by atoms with Crippen molar-refractivity contribution in [3.05, 3.63) is 41.1 Å². The Balaban J connectivity index is 1.78. The van der Waals surface area contributed by atoms with Gasteiger partial charge in [0.15, 0.2) is 5.13 Å². The first-order valence-corrected chi connectivity index (χ1v) is 9.13. The van der Waals surface area contributed by atoms with Crippen LogP contribution in [-0.2, 0) is 13.0 Å². The summed E-state index contributed by atoms with van der Waals surface area (Å²) in [6.07, 6.45) is 0.787. The highest BCUT2D eigenvalue weighted by Crippen LogP contribution is 2.32. The zero-order valence-corrected chi connectivity index (χ0v) is 15.8. The number of hydrogen-bond donors (Lipinski definition) is 1. The molecule has 6 nitrogen and oxygen atoms in total. The molecule has 3 rings (SSSR count). The fourth-order valence-electron chi connectivity index (χ4n) is 2.38. The lowest BCUT2D eigenvalue weighted by molar-refractivity contribution is 0.466. The lowest BCUT2D eigenvalue weighted by Crippen LogP contribution is -2.07. The van der Waals surface area contributed by atoms with E-state index in [0.717, 1.165) is 27.7 Å². The third-order valence-corrected chi connectivity index (χ3v) is 4.79. The predicted molar refractivity (Wildman–Crippen MR) is 102 cm³/mol. The topological polar surface area (TPSA) is 67.1 Å². The van der Waals surface area contributed by atoms with Crippen molar-refractivity contribution in [3.8, 4) is 11.3 Å². The fraction of sp³-hybridized carbons (Fsp3) is 0.389. The Morgan fingerprint density at radius 2 is 1.92 bits per heavy atom. The number of aromatic nitrogens is 3. The van der Waals surface area contributed by atoms with Crippen LogP contribution in [0, 0.1) is 5.92 Å². The third-order valence-electron chi connectivity index (χ3n) is 3.57. The highest BCUT2D eigenvalue weighted by Gasteiger charge is 2.15. The minimum atomic E-state index is 0.453. The van der Waals surface area contributed by atoms with Gasteiger partial charge in [0.1, 0.15) is 0 Å². The van der Waals surface area contributed by atoms with Crippen LogP contribution in [0.5, 0.6) is 0 Å². The van der Waals surface area contributed by atoms with Crippen molar-refractivity contribution in [3.63, 3.8) is 0 Å². The van der Waals surface area contributed by atoms with E-state index >= 15 is 0 Å². The molecule has 3 aromatic rings. The Hall–Kier alpha value is -2.41. The van der Waals surface area contributed by atoms with Crippen LogP contribution in [0.15, 0.2) is 34.7 Å². The Morgan fingerprint density at radius 3 is 2.60 bits per heavy atom. The number of thiazole rings is 1. The van der Waals surface area contributed by atoms with Gasteiger partial charge in [0.05, 0.1) is 17.1 Å². The van der Waals surface area contributed by atoms with Crippen LogP contribution in [0.25, 0.3) is 11.3 Å². The van der Waals surface area contributed by atoms with Gasteiger partial charge in [0.25, 0.3) is 0 Å². The minimum absolute atomic E-state index is 0.453. The molecule has 2 heterocycles. The number of hydrogen-bond acceptors (Lipinski definition) is 7. The number of nitrogens with zero attached hydrogens (tertiary/aromatic N) is 4. The average Bonchev–Trinajstić information content (AvgIpc) is 3.20. The lowest BCUT2D eigenvalue weighted by Gasteiger charge is -2.05. The summed E-state index contributed by atoms with van der Waals surface area (Å²) in [5, 5.41) is 12.4. The highest BCUT2D eigenvalue weighted by atomic mass is 32.1. The first-order chi connectivity index (χ1) is 12.0. The molecule has 25 heavy (non-hydrogen) atoms. The van der Waals surface area contributed by atoms with Gasteiger partial charge in [-0.25, -0.2) is 4.98 Å². The van der Waals surface area contributed by atoms with Crippen LogP contribution < -0.4 is 10.2 Å². The predicted octanol–water partition coefficient (Wildman–Crippen LogP) is 4.07. The van der Waals surface area contributed by atoms with Gasteiger partial charge in [-0.3, -0.25) is 0 Å². The molecule has 2 aromatic heterocycles. The summed E-state index contributed by atoms with van der Waals surface area (Å²) in [6.45, 7) is 4.85. The van der Waals surface area contributed by atoms with E-state index in [1.807, 2.05) is 37.2 Å². The van der Waals surface area contributed by atoms with E-state index in [2.05, 4.69) is 41.5 Å². The van der Waals surface area contributed by atoms with Gasteiger partial charge < -0.3 is 14.6 Å². The molecule has 0 unspecified atom stereocenters. The third kappa shape index (κ3) is 4.36. The molecule has 7 heteroatoms. The number of anilines is 2. The van der Waals surface area contributed by atoms with Gasteiger partial charge in [0.2, 0.25) is 5.89 Å². The van der Waals surface area contributed by atoms with Crippen molar-refractivity contribution in [1.82, 2.24) is 15.2 Å². The molecule has 0 amide bonds. The van der Waals surface area contributed by atoms with Gasteiger partial charge in [-0.15, -0.1) is 5.10 Å². The lowest BCUT2D eigenvalue weighted by atomic mass is 10.1. The first kappa shape index (κ1) is 17.4. The summed E-state index contributed by atoms with van der Waals surface area (Å²) < 4.78 is 5.66. The molecule has 0 spiro atoms. The van der Waals surface area contributed by atoms with E-state index in [-0.39, 0.29) is 0 Å². The molecular formula is C18H23N5OS. The van der Waals surface area contributed by atoms with Gasteiger partial charge in [-0.05, 0) is 5.92 Å². The largest absolute Gasteiger partial charge is 0.408 e. The van der Waals surface area contributed by atoms with Crippen molar-refractivity contribution in [2.75, 3.05) is 24.3 Å². The van der Waals surface area contributed by atoms with Crippen LogP contribution >= 0.6 is 11.3 Å². The SMILES string of the molecule is CC(C)Cc1nnc(NCc2sc(N(C)C)nc2-c2ccccc2)o1. The molecule has 1 N–H and O–H groups in total. The maximum atomic E-state index is 5.66. The van der Waals surface area contributed by atoms with E-state index in [0.29, 0.717) is 24.4 Å². The van der Waals surface area contributed by atoms with E-state index in [9.17, 15) is 0 Å². The molecule has 132 valence electrons. The Bertz CT molecular complexity index is 810. The summed E-state index contributed by atoms with van der Waals surface area (Å²) >= 11 is 1.66. The molecule has 0 radical (unpaired) electrons. The Kier molecular flexibility index (Phi) is 5.33. The summed E-state index contributed by atoms with van der Waals surface area (Å²) in [6, 6.07) is 10.7. The highest BCUT2D eigenvalue weighted by molar-refractivity contribution is 7.16. The second-order valence-electron chi connectivity index (χ2n) is 6.48. The van der Waals surface area contributed by atoms with E-state index in [4.69, 9.17) is 9.40 Å². The van der Waals surface area contributed by atoms with Crippen molar-refractivity contribution in [2.24, 2.45) is 5.92 Å². The maximum Gasteiger partial charge on any atom is 0.315 e. The Morgan fingerprint density at radius 1 is 1.16 bits per heavy atom. The van der Waals surface area contributed by atoms with Gasteiger partial charge in [-0.2, -0.15) is 0 Å². The van der Waals surface area contributed by atoms with E-state index in [1.54, 1.807) is 11.3 Å². The monoisotopic (exact) mass is 357 g/mol. The molecule has 0 aliphatic rings. The molecule has 0 aliphatic carbocycles. The van der Waals surface area contributed by atoms with Crippen molar-refractivity contribution >= 4 is 22.5 Å². The molecular weight excluding hydrogens is 334 g/mol. The molecule has 0 bridgehead atoms. The van der Waals surface area contributed by atoms with Crippen LogP contribution in [-0.4, -0.2) is 29.3 Å². The maximum absolute atomic E-state index is 5.66. The van der Waals surface area contributed by atoms with Crippen molar-refractivity contribution in [1.29, 1.82) is 0 Å². The smallest absolute Gasteiger partial charge is 0.315 e. The second-order valence-corrected chi connectivity index (χ2v) is 7.54. The molecule has 0 saturated heterocycles. The second kappa shape index (κ2) is 7.65. The van der Waals surface area contributed by atoms with Crippen LogP contribution in [0.1, 0.15) is 24.6 Å². The van der Waals surface area contributed by atoms with Gasteiger partial charge in [-0.1, -0.05) is 60.6 Å². The number of benzene rings is 1. The quantitative estimate of drug-likeness (QED) is 0.687. The summed E-state index contributed by atoms with van der Waals surface area (Å²) in [4.78, 5) is 7.93. The number of nitrogens with one attached hydrogen (secondary N) is 1. The van der Waals surface area contributed by atoms with Crippen molar-refractivity contribution in [2.45, 2.75) is 26.8 Å². The fourth-order valence-corrected chi connectivity index (χ4v) is 3.33. The summed E-state index contributed by atoms with van der Waals surface area (Å²) in [5.74, 6) is 1.15. The average molecular weight is 357 g/mol. The van der Waals surface area contributed by atoms with E-state index in [1.165, 1.54) is 0 Å².